The number of amides is 1. The summed E-state index contributed by atoms with van der Waals surface area (Å²) in [5.41, 5.74) is 20.3. The largest absolute Gasteiger partial charge is 0.341 e. The van der Waals surface area contributed by atoms with Crippen molar-refractivity contribution in [2.24, 2.45) is 17.6 Å². The van der Waals surface area contributed by atoms with E-state index in [4.69, 9.17) is 5.73 Å². The Morgan fingerprint density at radius 1 is 1.15 bits per heavy atom. The van der Waals surface area contributed by atoms with Crippen LogP contribution in [0, 0.1) is 11.8 Å². The van der Waals surface area contributed by atoms with Crippen LogP contribution in [0.25, 0.3) is 0 Å². The molecule has 0 aromatic heterocycles. The van der Waals surface area contributed by atoms with E-state index in [1.54, 1.807) is 0 Å². The van der Waals surface area contributed by atoms with Crippen LogP contribution in [0.4, 0.5) is 0 Å². The second kappa shape index (κ2) is 8.24. The first-order chi connectivity index (χ1) is 13.2. The Hall–Kier alpha value is -1.51. The number of carbonyl (C=O) groups excluding carboxylic acids is 1. The molecule has 7 nitrogen and oxygen atoms in total. The van der Waals surface area contributed by atoms with E-state index in [-0.39, 0.29) is 24.0 Å². The molecule has 27 heavy (non-hydrogen) atoms. The van der Waals surface area contributed by atoms with Crippen LogP contribution in [-0.4, -0.2) is 48.7 Å². The van der Waals surface area contributed by atoms with Gasteiger partial charge in [0.2, 0.25) is 5.91 Å². The zero-order chi connectivity index (χ0) is 18.8. The summed E-state index contributed by atoms with van der Waals surface area (Å²) >= 11 is 0. The van der Waals surface area contributed by atoms with Crippen LogP contribution >= 0.6 is 0 Å². The van der Waals surface area contributed by atoms with Gasteiger partial charge in [0, 0.05) is 31.6 Å². The molecule has 148 valence electrons. The van der Waals surface area contributed by atoms with Crippen LogP contribution in [0.2, 0.25) is 0 Å². The van der Waals surface area contributed by atoms with Crippen molar-refractivity contribution < 1.29 is 4.79 Å². The van der Waals surface area contributed by atoms with Crippen molar-refractivity contribution >= 4 is 5.91 Å². The Bertz CT molecular complexity index is 633. The zero-order valence-corrected chi connectivity index (χ0v) is 16.0. The molecule has 0 bridgehead atoms. The molecule has 5 unspecified atom stereocenters. The molecule has 7 heteroatoms. The van der Waals surface area contributed by atoms with Crippen LogP contribution in [-0.2, 0) is 4.79 Å². The highest BCUT2D eigenvalue weighted by Crippen LogP contribution is 2.30. The summed E-state index contributed by atoms with van der Waals surface area (Å²) in [5, 5.41) is 0. The average molecular weight is 373 g/mol. The Kier molecular flexibility index (Phi) is 5.75. The molecule has 6 N–H and O–H groups in total. The Morgan fingerprint density at radius 3 is 2.59 bits per heavy atom. The van der Waals surface area contributed by atoms with Crippen molar-refractivity contribution in [3.63, 3.8) is 0 Å². The van der Waals surface area contributed by atoms with Crippen molar-refractivity contribution in [3.8, 4) is 0 Å². The molecule has 5 atom stereocenters. The van der Waals surface area contributed by atoms with Gasteiger partial charge in [-0.15, -0.1) is 0 Å². The molecular formula is C20H32N6O. The monoisotopic (exact) mass is 372 g/mol. The SMILES string of the molecule is CCC1CNNC1C1CCN(C(=O)C2NNC(N)C2c2ccccc2)CC1. The summed E-state index contributed by atoms with van der Waals surface area (Å²) in [4.78, 5) is 15.2. The van der Waals surface area contributed by atoms with E-state index >= 15 is 0 Å². The number of carbonyl (C=O) groups is 1. The number of piperidine rings is 1. The first-order valence-electron chi connectivity index (χ1n) is 10.3. The van der Waals surface area contributed by atoms with Crippen molar-refractivity contribution in [3.05, 3.63) is 35.9 Å². The third kappa shape index (κ3) is 3.75. The van der Waals surface area contributed by atoms with Gasteiger partial charge < -0.3 is 10.6 Å². The molecule has 0 aliphatic carbocycles. The summed E-state index contributed by atoms with van der Waals surface area (Å²) in [6.45, 7) is 4.96. The van der Waals surface area contributed by atoms with Gasteiger partial charge in [-0.2, -0.15) is 0 Å². The molecule has 4 rings (SSSR count). The molecule has 3 saturated heterocycles. The minimum absolute atomic E-state index is 0.0541. The van der Waals surface area contributed by atoms with E-state index in [0.717, 1.165) is 38.0 Å². The Morgan fingerprint density at radius 2 is 1.89 bits per heavy atom. The van der Waals surface area contributed by atoms with Gasteiger partial charge in [-0.1, -0.05) is 43.7 Å². The van der Waals surface area contributed by atoms with Gasteiger partial charge in [-0.3, -0.25) is 15.6 Å². The summed E-state index contributed by atoms with van der Waals surface area (Å²) in [6, 6.07) is 10.3. The van der Waals surface area contributed by atoms with Gasteiger partial charge in [0.25, 0.3) is 0 Å². The number of hydrogen-bond donors (Lipinski definition) is 5. The minimum Gasteiger partial charge on any atom is -0.341 e. The van der Waals surface area contributed by atoms with Gasteiger partial charge in [-0.05, 0) is 30.2 Å². The summed E-state index contributed by atoms with van der Waals surface area (Å²) in [5.74, 6) is 1.43. The molecule has 3 aliphatic rings. The molecule has 3 heterocycles. The van der Waals surface area contributed by atoms with Gasteiger partial charge in [0.1, 0.15) is 6.04 Å². The van der Waals surface area contributed by atoms with Gasteiger partial charge in [0.05, 0.1) is 6.17 Å². The highest BCUT2D eigenvalue weighted by Gasteiger charge is 2.42. The number of rotatable bonds is 4. The van der Waals surface area contributed by atoms with Crippen molar-refractivity contribution in [2.45, 2.75) is 50.4 Å². The maximum atomic E-state index is 13.2. The lowest BCUT2D eigenvalue weighted by molar-refractivity contribution is -0.135. The molecule has 3 fully saturated rings. The molecule has 0 radical (unpaired) electrons. The second-order valence-electron chi connectivity index (χ2n) is 8.11. The number of hydrogen-bond acceptors (Lipinski definition) is 6. The smallest absolute Gasteiger partial charge is 0.241 e. The van der Waals surface area contributed by atoms with E-state index in [2.05, 4.69) is 40.8 Å². The van der Waals surface area contributed by atoms with Gasteiger partial charge >= 0.3 is 0 Å². The fourth-order valence-electron chi connectivity index (χ4n) is 4.99. The molecule has 1 amide bonds. The van der Waals surface area contributed by atoms with E-state index in [9.17, 15) is 4.79 Å². The Labute approximate surface area is 161 Å². The second-order valence-corrected chi connectivity index (χ2v) is 8.11. The summed E-state index contributed by atoms with van der Waals surface area (Å²) in [7, 11) is 0. The van der Waals surface area contributed by atoms with Crippen LogP contribution in [0.5, 0.6) is 0 Å². The fraction of sp³-hybridized carbons (Fsp3) is 0.650. The minimum atomic E-state index is -0.311. The first kappa shape index (κ1) is 18.8. The third-order valence-electron chi connectivity index (χ3n) is 6.63. The number of nitrogens with one attached hydrogen (secondary N) is 4. The highest BCUT2D eigenvalue weighted by molar-refractivity contribution is 5.83. The fourth-order valence-corrected chi connectivity index (χ4v) is 4.99. The topological polar surface area (TPSA) is 94.4 Å². The average Bonchev–Trinajstić information content (AvgIpc) is 3.34. The van der Waals surface area contributed by atoms with Crippen molar-refractivity contribution in [1.29, 1.82) is 0 Å². The zero-order valence-electron chi connectivity index (χ0n) is 16.0. The molecule has 0 saturated carbocycles. The van der Waals surface area contributed by atoms with E-state index in [0.29, 0.717) is 17.9 Å². The lowest BCUT2D eigenvalue weighted by atomic mass is 9.82. The lowest BCUT2D eigenvalue weighted by Crippen LogP contribution is -2.51. The number of nitrogens with two attached hydrogens (primary N) is 1. The van der Waals surface area contributed by atoms with Crippen LogP contribution in [0.3, 0.4) is 0 Å². The lowest BCUT2D eigenvalue weighted by Gasteiger charge is -2.38. The van der Waals surface area contributed by atoms with Crippen molar-refractivity contribution in [1.82, 2.24) is 26.6 Å². The number of benzene rings is 1. The first-order valence-corrected chi connectivity index (χ1v) is 10.3. The van der Waals surface area contributed by atoms with Crippen LogP contribution in [0.1, 0.15) is 37.7 Å². The molecular weight excluding hydrogens is 340 g/mol. The maximum Gasteiger partial charge on any atom is 0.241 e. The van der Waals surface area contributed by atoms with E-state index in [1.165, 1.54) is 6.42 Å². The highest BCUT2D eigenvalue weighted by atomic mass is 16.2. The Balaban J connectivity index is 1.39. The van der Waals surface area contributed by atoms with Gasteiger partial charge in [0.15, 0.2) is 0 Å². The number of nitrogens with zero attached hydrogens (tertiary/aromatic N) is 1. The normalized spacial score (nSPS) is 34.9. The van der Waals surface area contributed by atoms with E-state index in [1.807, 2.05) is 23.1 Å². The van der Waals surface area contributed by atoms with Crippen LogP contribution < -0.4 is 27.4 Å². The summed E-state index contributed by atoms with van der Waals surface area (Å²) in [6.07, 6.45) is 3.05. The van der Waals surface area contributed by atoms with Gasteiger partial charge in [-0.25, -0.2) is 10.9 Å². The quantitative estimate of drug-likeness (QED) is 0.521. The van der Waals surface area contributed by atoms with Crippen molar-refractivity contribution in [2.75, 3.05) is 19.6 Å². The molecule has 1 aromatic rings. The molecule has 3 aliphatic heterocycles. The molecule has 1 aromatic carbocycles. The third-order valence-corrected chi connectivity index (χ3v) is 6.63. The standard InChI is InChI=1S/C20H32N6O/c1-2-13-12-22-23-17(13)15-8-10-26(11-9-15)20(27)18-16(19(21)25-24-18)14-6-4-3-5-7-14/h3-7,13,15-19,22-25H,2,8-12,21H2,1H3. The molecule has 0 spiro atoms. The number of likely N-dealkylation sites (tertiary alicyclic amines) is 1. The number of hydrazine groups is 2. The maximum absolute atomic E-state index is 13.2. The van der Waals surface area contributed by atoms with Crippen LogP contribution in [0.15, 0.2) is 30.3 Å². The predicted octanol–water partition coefficient (Wildman–Crippen LogP) is 0.273. The predicted molar refractivity (Wildman–Crippen MR) is 105 cm³/mol. The summed E-state index contributed by atoms with van der Waals surface area (Å²) < 4.78 is 0. The van der Waals surface area contributed by atoms with E-state index < -0.39 is 0 Å².